The fourth-order valence-electron chi connectivity index (χ4n) is 2.69. The van der Waals surface area contributed by atoms with E-state index in [1.807, 2.05) is 0 Å². The summed E-state index contributed by atoms with van der Waals surface area (Å²) in [6.45, 7) is 8.83. The summed E-state index contributed by atoms with van der Waals surface area (Å²) >= 11 is 0. The molecule has 2 rings (SSSR count). The van der Waals surface area contributed by atoms with Gasteiger partial charge in [0.1, 0.15) is 7.85 Å². The van der Waals surface area contributed by atoms with Crippen LogP contribution in [0.2, 0.25) is 6.32 Å². The number of hydrogen-bond acceptors (Lipinski definition) is 0. The first-order chi connectivity index (χ1) is 7.63. The van der Waals surface area contributed by atoms with Crippen LogP contribution in [0, 0.1) is 0 Å². The summed E-state index contributed by atoms with van der Waals surface area (Å²) < 4.78 is 0. The zero-order valence-electron chi connectivity index (χ0n) is 10.7. The van der Waals surface area contributed by atoms with Gasteiger partial charge in [0.25, 0.3) is 0 Å². The third-order valence-corrected chi connectivity index (χ3v) is 4.02. The van der Waals surface area contributed by atoms with Crippen molar-refractivity contribution in [1.29, 1.82) is 0 Å². The molecule has 0 N–H and O–H groups in total. The zero-order chi connectivity index (χ0) is 11.7. The largest absolute Gasteiger partial charge is 0.107 e. The summed E-state index contributed by atoms with van der Waals surface area (Å²) in [6.07, 6.45) is 3.71. The highest BCUT2D eigenvalue weighted by Gasteiger charge is 2.21. The molecule has 1 aromatic carbocycles. The van der Waals surface area contributed by atoms with Crippen molar-refractivity contribution in [1.82, 2.24) is 0 Å². The fourth-order valence-corrected chi connectivity index (χ4v) is 2.69. The lowest BCUT2D eigenvalue weighted by molar-refractivity contribution is 0.527. The van der Waals surface area contributed by atoms with Crippen LogP contribution in [0.4, 0.5) is 0 Å². The maximum atomic E-state index is 4.14. The van der Waals surface area contributed by atoms with E-state index in [1.54, 1.807) is 11.1 Å². The molecule has 16 heavy (non-hydrogen) atoms. The Morgan fingerprint density at radius 2 is 1.88 bits per heavy atom. The second-order valence-electron chi connectivity index (χ2n) is 5.18. The summed E-state index contributed by atoms with van der Waals surface area (Å²) in [4.78, 5) is 0. The number of rotatable bonds is 2. The Morgan fingerprint density at radius 3 is 2.50 bits per heavy atom. The maximum absolute atomic E-state index is 4.14. The maximum Gasteiger partial charge on any atom is 0.107 e. The van der Waals surface area contributed by atoms with Gasteiger partial charge in [-0.2, -0.15) is 0 Å². The molecule has 0 amide bonds. The number of allylic oxidation sites excluding steroid dienone is 1. The highest BCUT2D eigenvalue weighted by molar-refractivity contribution is 6.14. The molecule has 0 nitrogen and oxygen atoms in total. The Balaban J connectivity index is 2.44. The van der Waals surface area contributed by atoms with Crippen molar-refractivity contribution < 1.29 is 0 Å². The van der Waals surface area contributed by atoms with E-state index in [4.69, 9.17) is 0 Å². The minimum atomic E-state index is 0.718. The molecule has 0 bridgehead atoms. The minimum absolute atomic E-state index is 0.718. The van der Waals surface area contributed by atoms with Crippen molar-refractivity contribution in [3.8, 4) is 0 Å². The van der Waals surface area contributed by atoms with Crippen molar-refractivity contribution >= 4 is 13.4 Å². The lowest BCUT2D eigenvalue weighted by Gasteiger charge is -2.28. The SMILES string of the molecule is BCC(=C)c1ccc2c(c1)C(C)CCC2C. The quantitative estimate of drug-likeness (QED) is 0.655. The van der Waals surface area contributed by atoms with Gasteiger partial charge in [-0.25, -0.2) is 0 Å². The summed E-state index contributed by atoms with van der Waals surface area (Å²) in [5.74, 6) is 1.45. The minimum Gasteiger partial charge on any atom is -0.0960 e. The summed E-state index contributed by atoms with van der Waals surface area (Å²) in [6, 6.07) is 6.95. The van der Waals surface area contributed by atoms with E-state index in [2.05, 4.69) is 46.5 Å². The molecule has 0 aliphatic heterocycles. The molecule has 1 aliphatic rings. The summed E-state index contributed by atoms with van der Waals surface area (Å²) in [5.41, 5.74) is 5.72. The number of fused-ring (bicyclic) bond motifs is 1. The lowest BCUT2D eigenvalue weighted by atomic mass is 9.77. The van der Waals surface area contributed by atoms with Gasteiger partial charge in [0.2, 0.25) is 0 Å². The molecule has 2 unspecified atom stereocenters. The standard InChI is InChI=1S/C15H21B/c1-10-4-5-11(2)15-8-13(12(3)9-16)6-7-14(10)15/h6-8,10-11H,3-5,9,16H2,1-2H3. The first-order valence-corrected chi connectivity index (χ1v) is 6.45. The summed E-state index contributed by atoms with van der Waals surface area (Å²) in [5, 5.41) is 0. The van der Waals surface area contributed by atoms with Crippen molar-refractivity contribution in [2.45, 2.75) is 44.8 Å². The molecule has 0 fully saturated rings. The molecular formula is C15H21B. The van der Waals surface area contributed by atoms with Gasteiger partial charge in [-0.1, -0.05) is 50.5 Å². The molecule has 0 heterocycles. The molecule has 0 saturated carbocycles. The predicted molar refractivity (Wildman–Crippen MR) is 74.9 cm³/mol. The smallest absolute Gasteiger partial charge is 0.0960 e. The Labute approximate surface area is 100 Å². The Kier molecular flexibility index (Phi) is 3.23. The molecule has 0 saturated heterocycles. The van der Waals surface area contributed by atoms with Crippen LogP contribution in [-0.4, -0.2) is 7.85 Å². The molecule has 0 radical (unpaired) electrons. The van der Waals surface area contributed by atoms with E-state index < -0.39 is 0 Å². The summed E-state index contributed by atoms with van der Waals surface area (Å²) in [7, 11) is 2.17. The third kappa shape index (κ3) is 1.96. The topological polar surface area (TPSA) is 0 Å². The van der Waals surface area contributed by atoms with Gasteiger partial charge in [0.05, 0.1) is 0 Å². The first kappa shape index (κ1) is 11.5. The van der Waals surface area contributed by atoms with Gasteiger partial charge in [0, 0.05) is 0 Å². The number of benzene rings is 1. The van der Waals surface area contributed by atoms with Crippen LogP contribution >= 0.6 is 0 Å². The van der Waals surface area contributed by atoms with E-state index in [-0.39, 0.29) is 0 Å². The van der Waals surface area contributed by atoms with Crippen LogP contribution in [0.1, 0.15) is 55.2 Å². The average Bonchev–Trinajstić information content (AvgIpc) is 2.32. The third-order valence-electron chi connectivity index (χ3n) is 4.02. The molecule has 1 aromatic rings. The van der Waals surface area contributed by atoms with E-state index in [0.29, 0.717) is 0 Å². The number of hydrogen-bond donors (Lipinski definition) is 0. The van der Waals surface area contributed by atoms with Crippen molar-refractivity contribution in [2.75, 3.05) is 0 Å². The van der Waals surface area contributed by atoms with Crippen LogP contribution in [-0.2, 0) is 0 Å². The molecular weight excluding hydrogens is 191 g/mol. The normalized spacial score (nSPS) is 23.9. The van der Waals surface area contributed by atoms with Crippen molar-refractivity contribution in [3.05, 3.63) is 41.5 Å². The van der Waals surface area contributed by atoms with Gasteiger partial charge in [0.15, 0.2) is 0 Å². The highest BCUT2D eigenvalue weighted by atomic mass is 14.3. The van der Waals surface area contributed by atoms with Gasteiger partial charge in [-0.15, -0.1) is 0 Å². The van der Waals surface area contributed by atoms with E-state index >= 15 is 0 Å². The van der Waals surface area contributed by atoms with Gasteiger partial charge in [-0.05, 0) is 41.4 Å². The van der Waals surface area contributed by atoms with Gasteiger partial charge in [-0.3, -0.25) is 0 Å². The lowest BCUT2D eigenvalue weighted by Crippen LogP contribution is -2.10. The molecule has 0 aromatic heterocycles. The molecule has 1 aliphatic carbocycles. The second-order valence-corrected chi connectivity index (χ2v) is 5.18. The second kappa shape index (κ2) is 4.49. The van der Waals surface area contributed by atoms with Crippen LogP contribution in [0.3, 0.4) is 0 Å². The van der Waals surface area contributed by atoms with Crippen LogP contribution in [0.15, 0.2) is 24.8 Å². The molecule has 0 spiro atoms. The van der Waals surface area contributed by atoms with E-state index in [9.17, 15) is 0 Å². The van der Waals surface area contributed by atoms with E-state index in [1.165, 1.54) is 24.0 Å². The first-order valence-electron chi connectivity index (χ1n) is 6.45. The zero-order valence-corrected chi connectivity index (χ0v) is 10.7. The van der Waals surface area contributed by atoms with Crippen LogP contribution in [0.25, 0.3) is 5.57 Å². The van der Waals surface area contributed by atoms with E-state index in [0.717, 1.165) is 18.2 Å². The Bertz CT molecular complexity index is 406. The molecule has 2 atom stereocenters. The Morgan fingerprint density at radius 1 is 1.25 bits per heavy atom. The average molecular weight is 212 g/mol. The molecule has 1 heteroatoms. The van der Waals surface area contributed by atoms with Crippen LogP contribution < -0.4 is 0 Å². The monoisotopic (exact) mass is 212 g/mol. The highest BCUT2D eigenvalue weighted by Crippen LogP contribution is 2.39. The Hall–Kier alpha value is -0.975. The molecule has 84 valence electrons. The van der Waals surface area contributed by atoms with Gasteiger partial charge < -0.3 is 0 Å². The fraction of sp³-hybridized carbons (Fsp3) is 0.467. The van der Waals surface area contributed by atoms with Crippen molar-refractivity contribution in [3.63, 3.8) is 0 Å². The van der Waals surface area contributed by atoms with Gasteiger partial charge >= 0.3 is 0 Å². The van der Waals surface area contributed by atoms with Crippen molar-refractivity contribution in [2.24, 2.45) is 0 Å². The van der Waals surface area contributed by atoms with Crippen LogP contribution in [0.5, 0.6) is 0 Å². The predicted octanol–water partition coefficient (Wildman–Crippen LogP) is 3.75.